The Morgan fingerprint density at radius 2 is 2.00 bits per heavy atom. The molecule has 0 aliphatic carbocycles. The number of esters is 1. The van der Waals surface area contributed by atoms with Gasteiger partial charge in [0.15, 0.2) is 6.61 Å². The summed E-state index contributed by atoms with van der Waals surface area (Å²) in [5, 5.41) is 19.0. The van der Waals surface area contributed by atoms with Gasteiger partial charge in [0.25, 0.3) is 5.69 Å². The Balaban J connectivity index is 2.56. The van der Waals surface area contributed by atoms with Crippen LogP contribution < -0.4 is 0 Å². The molecular formula is C11H11NO6. The summed E-state index contributed by atoms with van der Waals surface area (Å²) in [4.78, 5) is 31.5. The lowest BCUT2D eigenvalue weighted by atomic mass is 10.1. The molecule has 18 heavy (non-hydrogen) atoms. The van der Waals surface area contributed by atoms with Gasteiger partial charge in [-0.05, 0) is 6.42 Å². The van der Waals surface area contributed by atoms with Crippen LogP contribution in [-0.2, 0) is 20.7 Å². The number of carbonyl (C=O) groups is 2. The highest BCUT2D eigenvalue weighted by Crippen LogP contribution is 2.19. The molecule has 1 aromatic rings. The maximum absolute atomic E-state index is 11.1. The number of nitro benzene ring substituents is 1. The summed E-state index contributed by atoms with van der Waals surface area (Å²) < 4.78 is 4.42. The van der Waals surface area contributed by atoms with E-state index in [0.717, 1.165) is 0 Å². The summed E-state index contributed by atoms with van der Waals surface area (Å²) in [5.41, 5.74) is 0.346. The lowest BCUT2D eigenvalue weighted by molar-refractivity contribution is -0.385. The molecule has 1 rings (SSSR count). The number of aliphatic carboxylic acids is 1. The molecule has 0 amide bonds. The van der Waals surface area contributed by atoms with Crippen LogP contribution in [0.5, 0.6) is 0 Å². The Morgan fingerprint density at radius 3 is 2.61 bits per heavy atom. The zero-order valence-corrected chi connectivity index (χ0v) is 9.37. The minimum atomic E-state index is -1.24. The van der Waals surface area contributed by atoms with E-state index in [1.807, 2.05) is 0 Å². The number of hydrogen-bond donors (Lipinski definition) is 1. The SMILES string of the molecule is O=C(O)COC(=O)CCc1ccccc1[N+](=O)[O-]. The van der Waals surface area contributed by atoms with Crippen molar-refractivity contribution in [2.45, 2.75) is 12.8 Å². The Morgan fingerprint density at radius 1 is 1.33 bits per heavy atom. The van der Waals surface area contributed by atoms with E-state index in [0.29, 0.717) is 5.56 Å². The van der Waals surface area contributed by atoms with Crippen molar-refractivity contribution >= 4 is 17.6 Å². The van der Waals surface area contributed by atoms with Gasteiger partial charge in [-0.1, -0.05) is 18.2 Å². The molecule has 0 atom stereocenters. The fourth-order valence-corrected chi connectivity index (χ4v) is 1.35. The van der Waals surface area contributed by atoms with Crippen LogP contribution in [0.2, 0.25) is 0 Å². The summed E-state index contributed by atoms with van der Waals surface area (Å²) in [6.45, 7) is -0.699. The fraction of sp³-hybridized carbons (Fsp3) is 0.273. The quantitative estimate of drug-likeness (QED) is 0.463. The smallest absolute Gasteiger partial charge is 0.341 e. The second kappa shape index (κ2) is 6.33. The first-order valence-electron chi connectivity index (χ1n) is 5.10. The average molecular weight is 253 g/mol. The number of nitro groups is 1. The Labute approximate surface area is 102 Å². The van der Waals surface area contributed by atoms with E-state index in [1.165, 1.54) is 12.1 Å². The first kappa shape index (κ1) is 13.6. The predicted octanol–water partition coefficient (Wildman–Crippen LogP) is 1.16. The first-order chi connectivity index (χ1) is 8.50. The lowest BCUT2D eigenvalue weighted by Crippen LogP contribution is -2.13. The van der Waals surface area contributed by atoms with E-state index in [9.17, 15) is 19.7 Å². The minimum Gasteiger partial charge on any atom is -0.479 e. The van der Waals surface area contributed by atoms with Gasteiger partial charge in [-0.2, -0.15) is 0 Å². The predicted molar refractivity (Wildman–Crippen MR) is 60.0 cm³/mol. The van der Waals surface area contributed by atoms with Crippen molar-refractivity contribution in [1.82, 2.24) is 0 Å². The van der Waals surface area contributed by atoms with Gasteiger partial charge >= 0.3 is 11.9 Å². The van der Waals surface area contributed by atoms with Gasteiger partial charge in [-0.3, -0.25) is 14.9 Å². The molecule has 0 saturated carbocycles. The third kappa shape index (κ3) is 4.20. The fourth-order valence-electron chi connectivity index (χ4n) is 1.35. The molecular weight excluding hydrogens is 242 g/mol. The summed E-state index contributed by atoms with van der Waals surface area (Å²) >= 11 is 0. The molecule has 0 bridgehead atoms. The van der Waals surface area contributed by atoms with Gasteiger partial charge in [0.2, 0.25) is 0 Å². The van der Waals surface area contributed by atoms with Crippen LogP contribution in [0.3, 0.4) is 0 Å². The average Bonchev–Trinajstić information content (AvgIpc) is 2.34. The molecule has 7 nitrogen and oxygen atoms in total. The van der Waals surface area contributed by atoms with Crippen LogP contribution in [-0.4, -0.2) is 28.6 Å². The summed E-state index contributed by atoms with van der Waals surface area (Å²) in [7, 11) is 0. The monoisotopic (exact) mass is 253 g/mol. The third-order valence-electron chi connectivity index (χ3n) is 2.14. The Bertz CT molecular complexity index is 470. The molecule has 0 unspecified atom stereocenters. The molecule has 0 saturated heterocycles. The Kier molecular flexibility index (Phi) is 4.79. The molecule has 0 heterocycles. The number of aryl methyl sites for hydroxylation is 1. The Hall–Kier alpha value is -2.44. The number of carbonyl (C=O) groups excluding carboxylic acids is 1. The van der Waals surface area contributed by atoms with Gasteiger partial charge in [-0.15, -0.1) is 0 Å². The highest BCUT2D eigenvalue weighted by molar-refractivity contribution is 5.75. The highest BCUT2D eigenvalue weighted by atomic mass is 16.6. The molecule has 1 N–H and O–H groups in total. The van der Waals surface area contributed by atoms with Crippen LogP contribution in [0.4, 0.5) is 5.69 Å². The topological polar surface area (TPSA) is 107 Å². The van der Waals surface area contributed by atoms with Crippen molar-refractivity contribution in [2.75, 3.05) is 6.61 Å². The molecule has 0 radical (unpaired) electrons. The lowest BCUT2D eigenvalue weighted by Gasteiger charge is -2.03. The number of carboxylic acids is 1. The number of ether oxygens (including phenoxy) is 1. The van der Waals surface area contributed by atoms with Crippen LogP contribution in [0, 0.1) is 10.1 Å². The van der Waals surface area contributed by atoms with E-state index in [4.69, 9.17) is 5.11 Å². The molecule has 0 aliphatic heterocycles. The van der Waals surface area contributed by atoms with Gasteiger partial charge in [0.05, 0.1) is 4.92 Å². The molecule has 0 aliphatic rings. The molecule has 96 valence electrons. The second-order valence-electron chi connectivity index (χ2n) is 3.44. The van der Waals surface area contributed by atoms with E-state index >= 15 is 0 Å². The van der Waals surface area contributed by atoms with Gasteiger partial charge in [0, 0.05) is 18.1 Å². The van der Waals surface area contributed by atoms with Crippen LogP contribution in [0.1, 0.15) is 12.0 Å². The number of nitrogens with zero attached hydrogens (tertiary/aromatic N) is 1. The minimum absolute atomic E-state index is 0.0662. The summed E-state index contributed by atoms with van der Waals surface area (Å²) in [6.07, 6.45) is 0.0355. The van der Waals surface area contributed by atoms with Gasteiger partial charge in [-0.25, -0.2) is 4.79 Å². The standard InChI is InChI=1S/C11H11NO6/c13-10(14)7-18-11(15)6-5-8-3-1-2-4-9(8)12(16)17/h1-4H,5-7H2,(H,13,14). The first-order valence-corrected chi connectivity index (χ1v) is 5.10. The largest absolute Gasteiger partial charge is 0.479 e. The number of rotatable bonds is 6. The number of carboxylic acid groups (broad SMARTS) is 1. The third-order valence-corrected chi connectivity index (χ3v) is 2.14. The van der Waals surface area contributed by atoms with Crippen LogP contribution in [0.15, 0.2) is 24.3 Å². The maximum Gasteiger partial charge on any atom is 0.341 e. The molecule has 0 spiro atoms. The van der Waals surface area contributed by atoms with E-state index in [2.05, 4.69) is 4.74 Å². The number of benzene rings is 1. The van der Waals surface area contributed by atoms with Crippen molar-refractivity contribution in [2.24, 2.45) is 0 Å². The molecule has 1 aromatic carbocycles. The highest BCUT2D eigenvalue weighted by Gasteiger charge is 2.14. The van der Waals surface area contributed by atoms with Crippen molar-refractivity contribution in [3.05, 3.63) is 39.9 Å². The molecule has 0 fully saturated rings. The van der Waals surface area contributed by atoms with Crippen molar-refractivity contribution in [3.63, 3.8) is 0 Å². The van der Waals surface area contributed by atoms with Crippen molar-refractivity contribution in [3.8, 4) is 0 Å². The second-order valence-corrected chi connectivity index (χ2v) is 3.44. The van der Waals surface area contributed by atoms with Crippen LogP contribution >= 0.6 is 0 Å². The number of para-hydroxylation sites is 1. The summed E-state index contributed by atoms with van der Waals surface area (Å²) in [5.74, 6) is -1.94. The summed E-state index contributed by atoms with van der Waals surface area (Å²) in [6, 6.07) is 6.05. The zero-order valence-electron chi connectivity index (χ0n) is 9.37. The molecule has 7 heteroatoms. The van der Waals surface area contributed by atoms with E-state index < -0.39 is 23.5 Å². The van der Waals surface area contributed by atoms with E-state index in [1.54, 1.807) is 12.1 Å². The zero-order chi connectivity index (χ0) is 13.5. The maximum atomic E-state index is 11.1. The number of hydrogen-bond acceptors (Lipinski definition) is 5. The van der Waals surface area contributed by atoms with Gasteiger partial charge < -0.3 is 9.84 Å². The van der Waals surface area contributed by atoms with E-state index in [-0.39, 0.29) is 18.5 Å². The molecule has 0 aromatic heterocycles. The normalized spacial score (nSPS) is 9.78. The van der Waals surface area contributed by atoms with Gasteiger partial charge in [0.1, 0.15) is 0 Å². The van der Waals surface area contributed by atoms with Crippen molar-refractivity contribution in [1.29, 1.82) is 0 Å². The van der Waals surface area contributed by atoms with Crippen molar-refractivity contribution < 1.29 is 24.4 Å². The van der Waals surface area contributed by atoms with Crippen LogP contribution in [0.25, 0.3) is 0 Å².